The van der Waals surface area contributed by atoms with Crippen molar-refractivity contribution in [3.8, 4) is 5.75 Å². The van der Waals surface area contributed by atoms with Gasteiger partial charge in [0.15, 0.2) is 6.61 Å². The molecule has 0 atom stereocenters. The fourth-order valence-electron chi connectivity index (χ4n) is 1.74. The minimum atomic E-state index is -0.430. The van der Waals surface area contributed by atoms with Crippen molar-refractivity contribution in [1.82, 2.24) is 9.88 Å². The van der Waals surface area contributed by atoms with Crippen LogP contribution in [-0.2, 0) is 18.4 Å². The summed E-state index contributed by atoms with van der Waals surface area (Å²) in [4.78, 5) is 23.4. The zero-order chi connectivity index (χ0) is 15.2. The van der Waals surface area contributed by atoms with Crippen LogP contribution in [0.1, 0.15) is 5.56 Å². The Kier molecular flexibility index (Phi) is 4.71. The highest BCUT2D eigenvalue weighted by molar-refractivity contribution is 5.77. The molecule has 110 valence electrons. The van der Waals surface area contributed by atoms with Crippen LogP contribution in [0.3, 0.4) is 0 Å². The minimum Gasteiger partial charge on any atom is -0.484 e. The van der Waals surface area contributed by atoms with Crippen LogP contribution in [0.25, 0.3) is 0 Å². The van der Waals surface area contributed by atoms with Gasteiger partial charge < -0.3 is 14.6 Å². The third kappa shape index (κ3) is 4.17. The number of nitrogens with one attached hydrogen (secondary N) is 1. The molecule has 0 saturated carbocycles. The molecule has 6 heteroatoms. The number of halogens is 1. The molecule has 0 spiro atoms. The van der Waals surface area contributed by atoms with E-state index in [1.54, 1.807) is 31.4 Å². The number of hydrogen-bond acceptors (Lipinski definition) is 3. The van der Waals surface area contributed by atoms with Crippen LogP contribution in [0.4, 0.5) is 4.39 Å². The number of pyridine rings is 1. The van der Waals surface area contributed by atoms with Gasteiger partial charge in [-0.15, -0.1) is 0 Å². The molecule has 21 heavy (non-hydrogen) atoms. The maximum atomic E-state index is 12.9. The van der Waals surface area contributed by atoms with Crippen molar-refractivity contribution >= 4 is 5.91 Å². The van der Waals surface area contributed by atoms with Crippen molar-refractivity contribution in [3.05, 3.63) is 64.3 Å². The van der Waals surface area contributed by atoms with Crippen LogP contribution < -0.4 is 15.6 Å². The summed E-state index contributed by atoms with van der Waals surface area (Å²) in [6, 6.07) is 8.92. The van der Waals surface area contributed by atoms with Crippen molar-refractivity contribution in [2.24, 2.45) is 7.05 Å². The van der Waals surface area contributed by atoms with E-state index in [2.05, 4.69) is 5.32 Å². The van der Waals surface area contributed by atoms with Crippen molar-refractivity contribution in [2.75, 3.05) is 6.61 Å². The third-order valence-corrected chi connectivity index (χ3v) is 2.84. The van der Waals surface area contributed by atoms with Gasteiger partial charge in [0.25, 0.3) is 11.5 Å². The first-order chi connectivity index (χ1) is 10.1. The van der Waals surface area contributed by atoms with Gasteiger partial charge in [0, 0.05) is 31.4 Å². The standard InChI is InChI=1S/C15H15FN2O3/c1-18-7-3-4-11(15(18)20)9-17-14(19)10-21-13-6-2-5-12(16)8-13/h2-8H,9-10H2,1H3,(H,17,19). The van der Waals surface area contributed by atoms with E-state index in [0.717, 1.165) is 0 Å². The third-order valence-electron chi connectivity index (χ3n) is 2.84. The predicted octanol–water partition coefficient (Wildman–Crippen LogP) is 1.22. The lowest BCUT2D eigenvalue weighted by Gasteiger charge is -2.08. The quantitative estimate of drug-likeness (QED) is 0.900. The van der Waals surface area contributed by atoms with Crippen LogP contribution in [-0.4, -0.2) is 17.1 Å². The number of benzene rings is 1. The number of ether oxygens (including phenoxy) is 1. The first kappa shape index (κ1) is 14.8. The number of nitrogens with zero attached hydrogens (tertiary/aromatic N) is 1. The van der Waals surface area contributed by atoms with Crippen LogP contribution >= 0.6 is 0 Å². The first-order valence-corrected chi connectivity index (χ1v) is 6.36. The van der Waals surface area contributed by atoms with Crippen molar-refractivity contribution in [1.29, 1.82) is 0 Å². The van der Waals surface area contributed by atoms with Gasteiger partial charge in [-0.2, -0.15) is 0 Å². The molecule has 0 aliphatic carbocycles. The fourth-order valence-corrected chi connectivity index (χ4v) is 1.74. The number of hydrogen-bond donors (Lipinski definition) is 1. The Hall–Kier alpha value is -2.63. The van der Waals surface area contributed by atoms with E-state index in [0.29, 0.717) is 5.56 Å². The molecule has 0 aliphatic heterocycles. The van der Waals surface area contributed by atoms with Crippen molar-refractivity contribution in [2.45, 2.75) is 6.54 Å². The topological polar surface area (TPSA) is 60.3 Å². The lowest BCUT2D eigenvalue weighted by atomic mass is 10.3. The van der Waals surface area contributed by atoms with Crippen LogP contribution in [0.2, 0.25) is 0 Å². The zero-order valence-corrected chi connectivity index (χ0v) is 11.5. The number of aryl methyl sites for hydroxylation is 1. The summed E-state index contributed by atoms with van der Waals surface area (Å²) in [5.41, 5.74) is 0.322. The lowest BCUT2D eigenvalue weighted by Crippen LogP contribution is -2.31. The van der Waals surface area contributed by atoms with Gasteiger partial charge >= 0.3 is 0 Å². The number of rotatable bonds is 5. The molecule has 0 bridgehead atoms. The van der Waals surface area contributed by atoms with E-state index in [4.69, 9.17) is 4.74 Å². The highest BCUT2D eigenvalue weighted by atomic mass is 19.1. The second-order valence-electron chi connectivity index (χ2n) is 4.47. The molecule has 1 amide bonds. The van der Waals surface area contributed by atoms with Gasteiger partial charge in [0.2, 0.25) is 0 Å². The first-order valence-electron chi connectivity index (χ1n) is 6.36. The number of aromatic nitrogens is 1. The average molecular weight is 290 g/mol. The molecule has 0 fully saturated rings. The second kappa shape index (κ2) is 6.69. The summed E-state index contributed by atoms with van der Waals surface area (Å²) in [7, 11) is 1.64. The molecule has 5 nitrogen and oxygen atoms in total. The lowest BCUT2D eigenvalue weighted by molar-refractivity contribution is -0.123. The molecular weight excluding hydrogens is 275 g/mol. The highest BCUT2D eigenvalue weighted by Gasteiger charge is 2.06. The molecule has 0 saturated heterocycles. The van der Waals surface area contributed by atoms with Gasteiger partial charge in [-0.25, -0.2) is 4.39 Å². The maximum absolute atomic E-state index is 12.9. The second-order valence-corrected chi connectivity index (χ2v) is 4.47. The highest BCUT2D eigenvalue weighted by Crippen LogP contribution is 2.11. The Balaban J connectivity index is 1.85. The fraction of sp³-hybridized carbons (Fsp3) is 0.200. The molecule has 1 heterocycles. The van der Waals surface area contributed by atoms with Crippen molar-refractivity contribution in [3.63, 3.8) is 0 Å². The molecule has 2 rings (SSSR count). The molecule has 0 radical (unpaired) electrons. The van der Waals surface area contributed by atoms with E-state index in [1.807, 2.05) is 0 Å². The van der Waals surface area contributed by atoms with Gasteiger partial charge in [-0.1, -0.05) is 12.1 Å². The van der Waals surface area contributed by atoms with Crippen LogP contribution in [0.15, 0.2) is 47.4 Å². The number of carbonyl (C=O) groups is 1. The summed E-state index contributed by atoms with van der Waals surface area (Å²) < 4.78 is 19.5. The normalized spacial score (nSPS) is 10.2. The molecular formula is C15H15FN2O3. The Morgan fingerprint density at radius 3 is 2.90 bits per heavy atom. The van der Waals surface area contributed by atoms with Crippen molar-refractivity contribution < 1.29 is 13.9 Å². The Bertz CT molecular complexity index is 697. The summed E-state index contributed by atoms with van der Waals surface area (Å²) >= 11 is 0. The Morgan fingerprint density at radius 2 is 2.14 bits per heavy atom. The van der Waals surface area contributed by atoms with Crippen LogP contribution in [0.5, 0.6) is 5.75 Å². The van der Waals surface area contributed by atoms with Gasteiger partial charge in [-0.3, -0.25) is 9.59 Å². The van der Waals surface area contributed by atoms with E-state index < -0.39 is 5.82 Å². The maximum Gasteiger partial charge on any atom is 0.258 e. The van der Waals surface area contributed by atoms with Gasteiger partial charge in [0.1, 0.15) is 11.6 Å². The monoisotopic (exact) mass is 290 g/mol. The molecule has 0 aliphatic rings. The van der Waals surface area contributed by atoms with Crippen LogP contribution in [0, 0.1) is 5.82 Å². The molecule has 2 aromatic rings. The SMILES string of the molecule is Cn1cccc(CNC(=O)COc2cccc(F)c2)c1=O. The largest absolute Gasteiger partial charge is 0.484 e. The zero-order valence-electron chi connectivity index (χ0n) is 11.5. The predicted molar refractivity (Wildman–Crippen MR) is 75.4 cm³/mol. The van der Waals surface area contributed by atoms with E-state index >= 15 is 0 Å². The molecule has 0 unspecified atom stereocenters. The Morgan fingerprint density at radius 1 is 1.33 bits per heavy atom. The van der Waals surface area contributed by atoms with E-state index in [9.17, 15) is 14.0 Å². The summed E-state index contributed by atoms with van der Waals surface area (Å²) in [5.74, 6) is -0.536. The van der Waals surface area contributed by atoms with E-state index in [1.165, 1.54) is 22.8 Å². The smallest absolute Gasteiger partial charge is 0.258 e. The minimum absolute atomic E-state index is 0.124. The van der Waals surface area contributed by atoms with Gasteiger partial charge in [0.05, 0.1) is 0 Å². The summed E-state index contributed by atoms with van der Waals surface area (Å²) in [5, 5.41) is 2.58. The molecule has 1 aromatic heterocycles. The number of carbonyl (C=O) groups excluding carboxylic acids is 1. The van der Waals surface area contributed by atoms with E-state index in [-0.39, 0.29) is 30.4 Å². The summed E-state index contributed by atoms with van der Waals surface area (Å²) in [6.45, 7) is -0.116. The Labute approximate surface area is 121 Å². The van der Waals surface area contributed by atoms with Gasteiger partial charge in [-0.05, 0) is 18.2 Å². The molecule has 1 aromatic carbocycles. The molecule has 1 N–H and O–H groups in total. The summed E-state index contributed by atoms with van der Waals surface area (Å²) in [6.07, 6.45) is 1.64. The average Bonchev–Trinajstić information content (AvgIpc) is 2.47. The number of amides is 1.